The summed E-state index contributed by atoms with van der Waals surface area (Å²) in [5.41, 5.74) is 20.2. The van der Waals surface area contributed by atoms with E-state index in [2.05, 4.69) is 260 Å². The van der Waals surface area contributed by atoms with Gasteiger partial charge in [-0.1, -0.05) is 194 Å². The largest absolute Gasteiger partial charge is 0.456 e. The highest BCUT2D eigenvalue weighted by Crippen LogP contribution is 2.48. The fraction of sp³-hybridized carbons (Fsp3) is 0. The van der Waals surface area contributed by atoms with Gasteiger partial charge in [0.05, 0.1) is 11.1 Å². The van der Waals surface area contributed by atoms with Gasteiger partial charge >= 0.3 is 0 Å². The van der Waals surface area contributed by atoms with Crippen molar-refractivity contribution in [3.63, 3.8) is 0 Å². The van der Waals surface area contributed by atoms with Gasteiger partial charge in [-0.3, -0.25) is 0 Å². The predicted octanol–water partition coefficient (Wildman–Crippen LogP) is 19.0. The lowest BCUT2D eigenvalue weighted by molar-refractivity contribution is 0.669. The van der Waals surface area contributed by atoms with E-state index in [0.717, 1.165) is 99.9 Å². The van der Waals surface area contributed by atoms with Crippen molar-refractivity contribution in [2.75, 3.05) is 4.90 Å². The molecule has 0 fully saturated rings. The highest BCUT2D eigenvalue weighted by molar-refractivity contribution is 6.18. The number of furan rings is 2. The average molecular weight is 882 g/mol. The molecule has 0 radical (unpaired) electrons. The highest BCUT2D eigenvalue weighted by atomic mass is 16.3. The van der Waals surface area contributed by atoms with Gasteiger partial charge in [0.2, 0.25) is 0 Å². The van der Waals surface area contributed by atoms with Gasteiger partial charge in [0.15, 0.2) is 0 Å². The van der Waals surface area contributed by atoms with Crippen LogP contribution in [-0.2, 0) is 0 Å². The molecule has 0 aliphatic carbocycles. The van der Waals surface area contributed by atoms with Gasteiger partial charge < -0.3 is 13.7 Å². The molecule has 0 N–H and O–H groups in total. The minimum Gasteiger partial charge on any atom is -0.456 e. The van der Waals surface area contributed by atoms with Gasteiger partial charge in [-0.15, -0.1) is 0 Å². The molecule has 13 aromatic rings. The van der Waals surface area contributed by atoms with E-state index in [-0.39, 0.29) is 0 Å². The molecular formula is C66H43NO2. The molecular weight excluding hydrogens is 839 g/mol. The van der Waals surface area contributed by atoms with Crippen LogP contribution in [0.4, 0.5) is 17.1 Å². The summed E-state index contributed by atoms with van der Waals surface area (Å²) in [4.78, 5) is 2.38. The Bertz CT molecular complexity index is 3980. The Hall–Kier alpha value is -9.18. The molecule has 0 spiro atoms. The molecule has 0 unspecified atom stereocenters. The molecule has 11 aromatic carbocycles. The third-order valence-corrected chi connectivity index (χ3v) is 13.5. The molecule has 0 aliphatic heterocycles. The highest BCUT2D eigenvalue weighted by Gasteiger charge is 2.24. The van der Waals surface area contributed by atoms with E-state index in [1.165, 1.54) is 27.8 Å². The molecule has 0 bridgehead atoms. The van der Waals surface area contributed by atoms with Crippen molar-refractivity contribution in [2.45, 2.75) is 0 Å². The van der Waals surface area contributed by atoms with Crippen molar-refractivity contribution in [1.82, 2.24) is 0 Å². The first-order valence-electron chi connectivity index (χ1n) is 23.5. The van der Waals surface area contributed by atoms with Crippen LogP contribution in [0.25, 0.3) is 111 Å². The van der Waals surface area contributed by atoms with E-state index >= 15 is 0 Å². The molecule has 2 aromatic heterocycles. The molecule has 0 saturated carbocycles. The molecule has 0 amide bonds. The number of rotatable bonds is 9. The van der Waals surface area contributed by atoms with Crippen molar-refractivity contribution in [2.24, 2.45) is 0 Å². The van der Waals surface area contributed by atoms with Gasteiger partial charge in [0.25, 0.3) is 0 Å². The molecule has 69 heavy (non-hydrogen) atoms. The van der Waals surface area contributed by atoms with Crippen molar-refractivity contribution >= 4 is 60.9 Å². The molecule has 324 valence electrons. The topological polar surface area (TPSA) is 29.5 Å². The van der Waals surface area contributed by atoms with Crippen LogP contribution < -0.4 is 4.90 Å². The minimum absolute atomic E-state index is 0.837. The van der Waals surface area contributed by atoms with Gasteiger partial charge in [0, 0.05) is 33.1 Å². The zero-order valence-corrected chi connectivity index (χ0v) is 37.6. The molecule has 0 aliphatic rings. The Labute approximate surface area is 400 Å². The summed E-state index contributed by atoms with van der Waals surface area (Å²) in [6.45, 7) is 0. The molecule has 13 rings (SSSR count). The van der Waals surface area contributed by atoms with Crippen LogP contribution in [0.5, 0.6) is 0 Å². The minimum atomic E-state index is 0.837. The SMILES string of the molecule is c1ccc(-c2ccc3c(c2)oc2ccc(N(c4ccc(-c5ccccc5-c5ccccc5-c5ccccc5)cc4)c4ccc(-c5ccccc5)c5oc6cc(-c7ccccc7)ccc6c45)cc23)cc1. The Kier molecular flexibility index (Phi) is 9.84. The maximum Gasteiger partial charge on any atom is 0.145 e. The standard InChI is InChI=1S/C66H43NO2/c1-5-17-44(18-6-1)49-31-36-58-60-43-52(35-40-62(60)68-63(58)41-49)67(51-33-29-48(30-34-51)54-26-14-16-28-57(54)56-27-15-13-25-53(56)46-21-9-3-10-22-46)61-39-38-55(47-23-11-4-12-24-47)66-65(61)59-37-32-50(42-64(59)69-66)45-19-7-2-8-20-45/h1-43H. The third-order valence-electron chi connectivity index (χ3n) is 13.5. The summed E-state index contributed by atoms with van der Waals surface area (Å²) >= 11 is 0. The first kappa shape index (κ1) is 40.1. The van der Waals surface area contributed by atoms with Crippen LogP contribution in [-0.4, -0.2) is 0 Å². The molecule has 3 nitrogen and oxygen atoms in total. The molecule has 3 heteroatoms. The van der Waals surface area contributed by atoms with E-state index in [9.17, 15) is 0 Å². The zero-order chi connectivity index (χ0) is 45.7. The predicted molar refractivity (Wildman–Crippen MR) is 288 cm³/mol. The number of hydrogen-bond acceptors (Lipinski definition) is 3. The van der Waals surface area contributed by atoms with Crippen molar-refractivity contribution < 1.29 is 8.83 Å². The third kappa shape index (κ3) is 7.16. The Morgan fingerprint density at radius 2 is 0.696 bits per heavy atom. The normalized spacial score (nSPS) is 11.5. The second-order valence-corrected chi connectivity index (χ2v) is 17.6. The summed E-state index contributed by atoms with van der Waals surface area (Å²) < 4.78 is 13.7. The lowest BCUT2D eigenvalue weighted by Crippen LogP contribution is -2.10. The van der Waals surface area contributed by atoms with Crippen LogP contribution in [0.15, 0.2) is 270 Å². The number of hydrogen-bond donors (Lipinski definition) is 0. The first-order chi connectivity index (χ1) is 34.2. The number of anilines is 3. The van der Waals surface area contributed by atoms with Crippen LogP contribution >= 0.6 is 0 Å². The smallest absolute Gasteiger partial charge is 0.145 e. The second kappa shape index (κ2) is 16.9. The second-order valence-electron chi connectivity index (χ2n) is 17.6. The maximum atomic E-state index is 7.06. The fourth-order valence-electron chi connectivity index (χ4n) is 10.2. The number of fused-ring (bicyclic) bond motifs is 6. The Morgan fingerprint density at radius 1 is 0.246 bits per heavy atom. The zero-order valence-electron chi connectivity index (χ0n) is 37.6. The van der Waals surface area contributed by atoms with E-state index in [1.54, 1.807) is 0 Å². The summed E-state index contributed by atoms with van der Waals surface area (Å²) in [6.07, 6.45) is 0. The van der Waals surface area contributed by atoms with Crippen LogP contribution in [0.3, 0.4) is 0 Å². The lowest BCUT2D eigenvalue weighted by atomic mass is 9.89. The van der Waals surface area contributed by atoms with Crippen LogP contribution in [0.1, 0.15) is 0 Å². The van der Waals surface area contributed by atoms with Crippen molar-refractivity contribution in [3.8, 4) is 66.8 Å². The molecule has 2 heterocycles. The summed E-state index contributed by atoms with van der Waals surface area (Å²) in [6, 6.07) is 92.9. The summed E-state index contributed by atoms with van der Waals surface area (Å²) in [5.74, 6) is 0. The quantitative estimate of drug-likeness (QED) is 0.145. The molecule has 0 saturated heterocycles. The van der Waals surface area contributed by atoms with Gasteiger partial charge in [-0.05, 0) is 128 Å². The van der Waals surface area contributed by atoms with Gasteiger partial charge in [0.1, 0.15) is 22.3 Å². The van der Waals surface area contributed by atoms with E-state index < -0.39 is 0 Å². The number of benzene rings is 11. The van der Waals surface area contributed by atoms with E-state index in [0.29, 0.717) is 0 Å². The monoisotopic (exact) mass is 881 g/mol. The van der Waals surface area contributed by atoms with E-state index in [1.807, 2.05) is 6.07 Å². The summed E-state index contributed by atoms with van der Waals surface area (Å²) in [7, 11) is 0. The van der Waals surface area contributed by atoms with Crippen LogP contribution in [0.2, 0.25) is 0 Å². The molecule has 0 atom stereocenters. The first-order valence-corrected chi connectivity index (χ1v) is 23.5. The Balaban J connectivity index is 1.01. The van der Waals surface area contributed by atoms with Crippen molar-refractivity contribution in [3.05, 3.63) is 261 Å². The maximum absolute atomic E-state index is 7.06. The fourth-order valence-corrected chi connectivity index (χ4v) is 10.2. The lowest BCUT2D eigenvalue weighted by Gasteiger charge is -2.27. The van der Waals surface area contributed by atoms with Gasteiger partial charge in [-0.2, -0.15) is 0 Å². The number of nitrogens with zero attached hydrogens (tertiary/aromatic N) is 1. The van der Waals surface area contributed by atoms with Gasteiger partial charge in [-0.25, -0.2) is 0 Å². The van der Waals surface area contributed by atoms with Crippen molar-refractivity contribution in [1.29, 1.82) is 0 Å². The van der Waals surface area contributed by atoms with E-state index in [4.69, 9.17) is 8.83 Å². The average Bonchev–Trinajstić information content (AvgIpc) is 4.00. The Morgan fingerprint density at radius 3 is 1.28 bits per heavy atom. The summed E-state index contributed by atoms with van der Waals surface area (Å²) in [5, 5.41) is 4.22. The van der Waals surface area contributed by atoms with Crippen LogP contribution in [0, 0.1) is 0 Å².